The third-order valence-corrected chi connectivity index (χ3v) is 4.32. The molecule has 0 N–H and O–H groups in total. The zero-order valence-corrected chi connectivity index (χ0v) is 16.2. The Morgan fingerprint density at radius 3 is 2.31 bits per heavy atom. The molecule has 5 heteroatoms. The number of nitrogens with zero attached hydrogens (tertiary/aromatic N) is 1. The van der Waals surface area contributed by atoms with Gasteiger partial charge in [-0.05, 0) is 53.4 Å². The van der Waals surface area contributed by atoms with Crippen molar-refractivity contribution in [2.75, 3.05) is 0 Å². The van der Waals surface area contributed by atoms with Crippen molar-refractivity contribution in [2.45, 2.75) is 32.3 Å². The number of hydrogen-bond donors (Lipinski definition) is 0. The molecule has 3 nitrogen and oxygen atoms in total. The van der Waals surface area contributed by atoms with Gasteiger partial charge in [0.1, 0.15) is 17.2 Å². The maximum Gasteiger partial charge on any atom is 0.401 e. The molecular weight excluding hydrogens is 372 g/mol. The van der Waals surface area contributed by atoms with Gasteiger partial charge in [-0.2, -0.15) is 14.0 Å². The molecule has 0 amide bonds. The fraction of sp³-hybridized carbons (Fsp3) is 0.208. The first-order valence-corrected chi connectivity index (χ1v) is 9.29. The second-order valence-electron chi connectivity index (χ2n) is 6.99. The predicted molar refractivity (Wildman–Crippen MR) is 107 cm³/mol. The molecule has 3 aromatic carbocycles. The summed E-state index contributed by atoms with van der Waals surface area (Å²) in [4.78, 5) is 0. The summed E-state index contributed by atoms with van der Waals surface area (Å²) < 4.78 is 39.6. The molecule has 0 aliphatic carbocycles. The molecule has 0 aliphatic heterocycles. The first-order valence-electron chi connectivity index (χ1n) is 9.29. The van der Waals surface area contributed by atoms with Crippen molar-refractivity contribution in [3.63, 3.8) is 0 Å². The summed E-state index contributed by atoms with van der Waals surface area (Å²) in [6.45, 7) is 3.88. The van der Waals surface area contributed by atoms with Crippen LogP contribution < -0.4 is 9.47 Å². The highest BCUT2D eigenvalue weighted by Crippen LogP contribution is 2.30. The molecule has 0 unspecified atom stereocenters. The molecule has 3 aromatic rings. The molecule has 0 spiro atoms. The van der Waals surface area contributed by atoms with Crippen molar-refractivity contribution >= 4 is 0 Å². The van der Waals surface area contributed by atoms with E-state index in [4.69, 9.17) is 9.47 Å². The smallest absolute Gasteiger partial charge is 0.401 e. The fourth-order valence-electron chi connectivity index (χ4n) is 2.99. The number of halogens is 2. The Balaban J connectivity index is 1.73. The molecule has 148 valence electrons. The number of rotatable bonds is 7. The average molecular weight is 393 g/mol. The van der Waals surface area contributed by atoms with Gasteiger partial charge in [0.2, 0.25) is 0 Å². The number of ether oxygens (including phenoxy) is 2. The van der Waals surface area contributed by atoms with Gasteiger partial charge in [0, 0.05) is 0 Å². The SMILES string of the molecule is CC(C)c1ccc(OC(F)(F)Cc2cccc(Oc3ccccc3)c2)cc1C#N. The van der Waals surface area contributed by atoms with E-state index in [0.717, 1.165) is 5.56 Å². The Hall–Kier alpha value is -3.39. The normalized spacial score (nSPS) is 11.2. The first-order chi connectivity index (χ1) is 13.9. The lowest BCUT2D eigenvalue weighted by Gasteiger charge is -2.19. The number of alkyl halides is 2. The molecule has 3 rings (SSSR count). The van der Waals surface area contributed by atoms with Crippen LogP contribution in [0.3, 0.4) is 0 Å². The lowest BCUT2D eigenvalue weighted by Crippen LogP contribution is -2.27. The summed E-state index contributed by atoms with van der Waals surface area (Å²) in [5, 5.41) is 9.27. The topological polar surface area (TPSA) is 42.2 Å². The highest BCUT2D eigenvalue weighted by atomic mass is 19.3. The Kier molecular flexibility index (Phi) is 6.13. The van der Waals surface area contributed by atoms with Gasteiger partial charge in [-0.25, -0.2) is 0 Å². The van der Waals surface area contributed by atoms with E-state index in [0.29, 0.717) is 22.6 Å². The summed E-state index contributed by atoms with van der Waals surface area (Å²) in [6, 6.07) is 22.2. The van der Waals surface area contributed by atoms with Crippen molar-refractivity contribution < 1.29 is 18.3 Å². The second kappa shape index (κ2) is 8.74. The Morgan fingerprint density at radius 2 is 1.62 bits per heavy atom. The van der Waals surface area contributed by atoms with E-state index in [9.17, 15) is 14.0 Å². The number of benzene rings is 3. The summed E-state index contributed by atoms with van der Waals surface area (Å²) in [5.41, 5.74) is 1.52. The second-order valence-corrected chi connectivity index (χ2v) is 6.99. The zero-order valence-electron chi connectivity index (χ0n) is 16.2. The van der Waals surface area contributed by atoms with Gasteiger partial charge in [0.15, 0.2) is 0 Å². The minimum absolute atomic E-state index is 0.0346. The van der Waals surface area contributed by atoms with E-state index >= 15 is 0 Å². The van der Waals surface area contributed by atoms with Crippen molar-refractivity contribution in [3.05, 3.63) is 89.5 Å². The van der Waals surface area contributed by atoms with E-state index in [1.165, 1.54) is 12.1 Å². The van der Waals surface area contributed by atoms with Crippen LogP contribution in [0.4, 0.5) is 8.78 Å². The highest BCUT2D eigenvalue weighted by Gasteiger charge is 2.32. The molecule has 0 bridgehead atoms. The first kappa shape index (κ1) is 20.3. The molecule has 0 aromatic heterocycles. The van der Waals surface area contributed by atoms with Crippen LogP contribution in [0.5, 0.6) is 17.2 Å². The van der Waals surface area contributed by atoms with Crippen molar-refractivity contribution in [1.82, 2.24) is 0 Å². The fourth-order valence-corrected chi connectivity index (χ4v) is 2.99. The van der Waals surface area contributed by atoms with Crippen LogP contribution in [-0.4, -0.2) is 6.11 Å². The lowest BCUT2D eigenvalue weighted by atomic mass is 9.98. The van der Waals surface area contributed by atoms with Crippen LogP contribution in [-0.2, 0) is 6.42 Å². The molecule has 29 heavy (non-hydrogen) atoms. The van der Waals surface area contributed by atoms with Crippen LogP contribution in [0.2, 0.25) is 0 Å². The average Bonchev–Trinajstić information content (AvgIpc) is 2.68. The van der Waals surface area contributed by atoms with Gasteiger partial charge in [-0.3, -0.25) is 0 Å². The van der Waals surface area contributed by atoms with E-state index in [1.807, 2.05) is 38.1 Å². The van der Waals surface area contributed by atoms with Crippen molar-refractivity contribution in [3.8, 4) is 23.3 Å². The molecule has 0 atom stereocenters. The van der Waals surface area contributed by atoms with Gasteiger partial charge in [0.25, 0.3) is 0 Å². The zero-order chi connectivity index (χ0) is 20.9. The van der Waals surface area contributed by atoms with Crippen LogP contribution >= 0.6 is 0 Å². The largest absolute Gasteiger partial charge is 0.457 e. The number of hydrogen-bond acceptors (Lipinski definition) is 3. The minimum atomic E-state index is -3.43. The van der Waals surface area contributed by atoms with Gasteiger partial charge >= 0.3 is 6.11 Å². The van der Waals surface area contributed by atoms with Gasteiger partial charge < -0.3 is 9.47 Å². The van der Waals surface area contributed by atoms with E-state index in [2.05, 4.69) is 0 Å². The van der Waals surface area contributed by atoms with E-state index < -0.39 is 12.5 Å². The summed E-state index contributed by atoms with van der Waals surface area (Å²) in [7, 11) is 0. The number of nitriles is 1. The maximum absolute atomic E-state index is 14.5. The Labute approximate surface area is 169 Å². The Bertz CT molecular complexity index is 1010. The molecule has 0 saturated carbocycles. The third kappa shape index (κ3) is 5.55. The van der Waals surface area contributed by atoms with Crippen LogP contribution in [0.15, 0.2) is 72.8 Å². The van der Waals surface area contributed by atoms with E-state index in [1.54, 1.807) is 42.5 Å². The van der Waals surface area contributed by atoms with Crippen LogP contribution in [0.25, 0.3) is 0 Å². The molecule has 0 heterocycles. The van der Waals surface area contributed by atoms with Crippen LogP contribution in [0, 0.1) is 11.3 Å². The summed E-state index contributed by atoms with van der Waals surface area (Å²) >= 11 is 0. The van der Waals surface area contributed by atoms with Crippen molar-refractivity contribution in [2.24, 2.45) is 0 Å². The lowest BCUT2D eigenvalue weighted by molar-refractivity contribution is -0.174. The highest BCUT2D eigenvalue weighted by molar-refractivity contribution is 5.45. The monoisotopic (exact) mass is 393 g/mol. The molecular formula is C24H21F2NO2. The standard InChI is InChI=1S/C24H21F2NO2/c1-17(2)23-12-11-22(14-19(23)16-27)29-24(25,26)15-18-7-6-10-21(13-18)28-20-8-4-3-5-9-20/h3-14,17H,15H2,1-2H3. The minimum Gasteiger partial charge on any atom is -0.457 e. The molecule has 0 aliphatic rings. The van der Waals surface area contributed by atoms with Gasteiger partial charge in [-0.15, -0.1) is 0 Å². The third-order valence-electron chi connectivity index (χ3n) is 4.32. The van der Waals surface area contributed by atoms with E-state index in [-0.39, 0.29) is 11.7 Å². The van der Waals surface area contributed by atoms with Gasteiger partial charge in [-0.1, -0.05) is 50.2 Å². The van der Waals surface area contributed by atoms with Crippen LogP contribution in [0.1, 0.15) is 36.5 Å². The quantitative estimate of drug-likeness (QED) is 0.449. The molecule has 0 fully saturated rings. The maximum atomic E-state index is 14.5. The predicted octanol–water partition coefficient (Wildman–Crippen LogP) is 6.69. The summed E-state index contributed by atoms with van der Waals surface area (Å²) in [6.07, 6.45) is -4.05. The molecule has 0 saturated heterocycles. The molecule has 0 radical (unpaired) electrons. The van der Waals surface area contributed by atoms with Crippen molar-refractivity contribution in [1.29, 1.82) is 5.26 Å². The summed E-state index contributed by atoms with van der Waals surface area (Å²) in [5.74, 6) is 1.18. The number of para-hydroxylation sites is 1. The van der Waals surface area contributed by atoms with Gasteiger partial charge in [0.05, 0.1) is 18.1 Å². The Morgan fingerprint density at radius 1 is 0.897 bits per heavy atom.